The quantitative estimate of drug-likeness (QED) is 0.390. The summed E-state index contributed by atoms with van der Waals surface area (Å²) in [6.07, 6.45) is 2.30. The smallest absolute Gasteiger partial charge is 0.191 e. The van der Waals surface area contributed by atoms with Gasteiger partial charge in [0.1, 0.15) is 17.3 Å². The van der Waals surface area contributed by atoms with Crippen LogP contribution in [0.4, 0.5) is 0 Å². The van der Waals surface area contributed by atoms with Crippen LogP contribution < -0.4 is 9.47 Å². The van der Waals surface area contributed by atoms with E-state index in [1.165, 1.54) is 17.3 Å². The molecule has 1 aromatic heterocycles. The van der Waals surface area contributed by atoms with Crippen molar-refractivity contribution in [2.75, 3.05) is 20.0 Å². The number of methoxy groups -OCH3 is 2. The van der Waals surface area contributed by atoms with Gasteiger partial charge in [-0.2, -0.15) is 0 Å². The number of thioether (sulfide) groups is 1. The van der Waals surface area contributed by atoms with Crippen LogP contribution in [-0.2, 0) is 6.54 Å². The molecule has 29 heavy (non-hydrogen) atoms. The van der Waals surface area contributed by atoms with Gasteiger partial charge in [-0.05, 0) is 30.5 Å². The Bertz CT molecular complexity index is 1000. The first kappa shape index (κ1) is 19.5. The molecule has 6 nitrogen and oxygen atoms in total. The van der Waals surface area contributed by atoms with Gasteiger partial charge in [0.2, 0.25) is 0 Å². The van der Waals surface area contributed by atoms with Crippen molar-refractivity contribution < 1.29 is 14.3 Å². The van der Waals surface area contributed by atoms with E-state index >= 15 is 0 Å². The lowest BCUT2D eigenvalue weighted by Gasteiger charge is -2.11. The highest BCUT2D eigenvalue weighted by Crippen LogP contribution is 2.40. The Balaban J connectivity index is 1.52. The van der Waals surface area contributed by atoms with E-state index in [0.717, 1.165) is 23.8 Å². The van der Waals surface area contributed by atoms with Gasteiger partial charge in [0.15, 0.2) is 10.9 Å². The topological polar surface area (TPSA) is 66.2 Å². The minimum atomic E-state index is -0.0169. The van der Waals surface area contributed by atoms with E-state index in [9.17, 15) is 4.79 Å². The predicted molar refractivity (Wildman–Crippen MR) is 112 cm³/mol. The number of ketones is 1. The molecule has 0 spiro atoms. The summed E-state index contributed by atoms with van der Waals surface area (Å²) in [7, 11) is 3.14. The van der Waals surface area contributed by atoms with Crippen LogP contribution in [0.15, 0.2) is 53.7 Å². The number of hydrogen-bond acceptors (Lipinski definition) is 6. The number of aromatic nitrogens is 3. The van der Waals surface area contributed by atoms with Crippen molar-refractivity contribution in [3.8, 4) is 11.5 Å². The zero-order chi connectivity index (χ0) is 20.2. The van der Waals surface area contributed by atoms with E-state index in [1.54, 1.807) is 32.4 Å². The van der Waals surface area contributed by atoms with E-state index in [1.807, 2.05) is 18.2 Å². The van der Waals surface area contributed by atoms with Crippen molar-refractivity contribution in [3.05, 3.63) is 65.5 Å². The second kappa shape index (κ2) is 8.69. The summed E-state index contributed by atoms with van der Waals surface area (Å²) in [5.41, 5.74) is 1.73. The van der Waals surface area contributed by atoms with Gasteiger partial charge < -0.3 is 14.0 Å². The van der Waals surface area contributed by atoms with Crippen molar-refractivity contribution in [1.29, 1.82) is 0 Å². The van der Waals surface area contributed by atoms with Gasteiger partial charge >= 0.3 is 0 Å². The van der Waals surface area contributed by atoms with Crippen molar-refractivity contribution >= 4 is 17.5 Å². The number of nitrogens with zero attached hydrogens (tertiary/aromatic N) is 3. The molecule has 2 aromatic carbocycles. The Morgan fingerprint density at radius 1 is 1.10 bits per heavy atom. The summed E-state index contributed by atoms with van der Waals surface area (Å²) < 4.78 is 12.7. The van der Waals surface area contributed by atoms with Gasteiger partial charge in [0, 0.05) is 12.0 Å². The number of rotatable bonds is 9. The average molecular weight is 410 g/mol. The highest BCUT2D eigenvalue weighted by atomic mass is 32.2. The number of carbonyl (C=O) groups excluding carboxylic acids is 1. The van der Waals surface area contributed by atoms with E-state index in [4.69, 9.17) is 9.47 Å². The minimum absolute atomic E-state index is 0.0169. The number of benzene rings is 2. The van der Waals surface area contributed by atoms with E-state index in [0.29, 0.717) is 29.5 Å². The molecule has 3 aromatic rings. The van der Waals surface area contributed by atoms with Crippen LogP contribution in [0.2, 0.25) is 0 Å². The van der Waals surface area contributed by atoms with E-state index in [-0.39, 0.29) is 11.5 Å². The third kappa shape index (κ3) is 4.45. The highest BCUT2D eigenvalue weighted by Gasteiger charge is 2.30. The summed E-state index contributed by atoms with van der Waals surface area (Å²) >= 11 is 1.42. The Morgan fingerprint density at radius 2 is 1.90 bits per heavy atom. The predicted octanol–water partition coefficient (Wildman–Crippen LogP) is 4.20. The average Bonchev–Trinajstić information content (AvgIpc) is 3.54. The first-order valence-corrected chi connectivity index (χ1v) is 10.5. The Kier molecular flexibility index (Phi) is 5.85. The maximum Gasteiger partial charge on any atom is 0.191 e. The van der Waals surface area contributed by atoms with Crippen LogP contribution in [0.5, 0.6) is 11.5 Å². The van der Waals surface area contributed by atoms with Crippen LogP contribution in [-0.4, -0.2) is 40.5 Å². The van der Waals surface area contributed by atoms with Gasteiger partial charge in [-0.25, -0.2) is 0 Å². The highest BCUT2D eigenvalue weighted by molar-refractivity contribution is 7.99. The summed E-state index contributed by atoms with van der Waals surface area (Å²) in [5.74, 6) is 2.92. The molecule has 0 saturated heterocycles. The largest absolute Gasteiger partial charge is 0.497 e. The molecule has 7 heteroatoms. The van der Waals surface area contributed by atoms with E-state index < -0.39 is 0 Å². The molecule has 0 atom stereocenters. The Hall–Kier alpha value is -2.80. The maximum atomic E-state index is 12.8. The fraction of sp³-hybridized carbons (Fsp3) is 0.318. The Morgan fingerprint density at radius 3 is 2.59 bits per heavy atom. The molecule has 4 rings (SSSR count). The lowest BCUT2D eigenvalue weighted by atomic mass is 10.1. The summed E-state index contributed by atoms with van der Waals surface area (Å²) in [6.45, 7) is 0.710. The molecular formula is C22H23N3O3S. The second-order valence-electron chi connectivity index (χ2n) is 6.96. The fourth-order valence-corrected chi connectivity index (χ4v) is 4.03. The lowest BCUT2D eigenvalue weighted by Crippen LogP contribution is -2.09. The molecule has 0 unspecified atom stereocenters. The van der Waals surface area contributed by atoms with Crippen molar-refractivity contribution in [2.24, 2.45) is 0 Å². The van der Waals surface area contributed by atoms with Crippen LogP contribution in [0.25, 0.3) is 0 Å². The van der Waals surface area contributed by atoms with Gasteiger partial charge in [-0.3, -0.25) is 4.79 Å². The minimum Gasteiger partial charge on any atom is -0.497 e. The van der Waals surface area contributed by atoms with Gasteiger partial charge in [0.05, 0.1) is 32.1 Å². The first-order chi connectivity index (χ1) is 14.2. The summed E-state index contributed by atoms with van der Waals surface area (Å²) in [6, 6.07) is 15.5. The van der Waals surface area contributed by atoms with Crippen LogP contribution in [0.1, 0.15) is 40.5 Å². The molecule has 1 aliphatic rings. The maximum absolute atomic E-state index is 12.8. The number of carbonyl (C=O) groups is 1. The lowest BCUT2D eigenvalue weighted by molar-refractivity contribution is 0.101. The Labute approximate surface area is 174 Å². The van der Waals surface area contributed by atoms with Gasteiger partial charge in [-0.1, -0.05) is 42.1 Å². The number of Topliss-reactive ketones (excluding diaryl/α,β-unsaturated/α-hetero) is 1. The fourth-order valence-electron chi connectivity index (χ4n) is 3.20. The molecular weight excluding hydrogens is 386 g/mol. The van der Waals surface area contributed by atoms with Crippen molar-refractivity contribution in [1.82, 2.24) is 14.8 Å². The number of hydrogen-bond donors (Lipinski definition) is 0. The monoisotopic (exact) mass is 409 g/mol. The molecule has 0 radical (unpaired) electrons. The third-order valence-corrected chi connectivity index (χ3v) is 5.88. The number of ether oxygens (including phenoxy) is 2. The molecule has 1 fully saturated rings. The van der Waals surface area contributed by atoms with Crippen molar-refractivity contribution in [3.63, 3.8) is 0 Å². The van der Waals surface area contributed by atoms with Crippen LogP contribution in [0, 0.1) is 0 Å². The summed E-state index contributed by atoms with van der Waals surface area (Å²) in [5, 5.41) is 9.58. The standard InChI is InChI=1S/C22H23N3O3S/c1-27-17-10-11-18(20(12-17)28-2)19(26)14-29-22-24-23-21(16-8-9-16)25(22)13-15-6-4-3-5-7-15/h3-7,10-12,16H,8-9,13-14H2,1-2H3. The first-order valence-electron chi connectivity index (χ1n) is 9.54. The molecule has 1 heterocycles. The zero-order valence-corrected chi connectivity index (χ0v) is 17.3. The van der Waals surface area contributed by atoms with Gasteiger partial charge in [-0.15, -0.1) is 10.2 Å². The summed E-state index contributed by atoms with van der Waals surface area (Å²) in [4.78, 5) is 12.8. The normalized spacial score (nSPS) is 13.3. The SMILES string of the molecule is COc1ccc(C(=O)CSc2nnc(C3CC3)n2Cc2ccccc2)c(OC)c1. The molecule has 1 aliphatic carbocycles. The molecule has 150 valence electrons. The molecule has 1 saturated carbocycles. The molecule has 0 aliphatic heterocycles. The molecule has 0 bridgehead atoms. The molecule has 0 amide bonds. The van der Waals surface area contributed by atoms with Crippen LogP contribution >= 0.6 is 11.8 Å². The van der Waals surface area contributed by atoms with Crippen molar-refractivity contribution in [2.45, 2.75) is 30.5 Å². The van der Waals surface area contributed by atoms with Crippen LogP contribution in [0.3, 0.4) is 0 Å². The second-order valence-corrected chi connectivity index (χ2v) is 7.91. The third-order valence-electron chi connectivity index (χ3n) is 4.91. The van der Waals surface area contributed by atoms with Gasteiger partial charge in [0.25, 0.3) is 0 Å². The zero-order valence-electron chi connectivity index (χ0n) is 16.5. The molecule has 0 N–H and O–H groups in total. The van der Waals surface area contributed by atoms with E-state index in [2.05, 4.69) is 26.9 Å².